The molecule has 0 radical (unpaired) electrons. The highest BCUT2D eigenvalue weighted by atomic mass is 32.1. The Kier molecular flexibility index (Phi) is 6.47. The molecule has 9 nitrogen and oxygen atoms in total. The molecule has 0 saturated carbocycles. The molecule has 0 spiro atoms. The molecule has 3 N–H and O–H groups in total. The van der Waals surface area contributed by atoms with Gasteiger partial charge in [0, 0.05) is 17.9 Å². The Hall–Kier alpha value is -3.76. The number of aliphatic carboxylic acids is 1. The summed E-state index contributed by atoms with van der Waals surface area (Å²) in [6, 6.07) is 15.6. The fraction of sp³-hybridized carbons (Fsp3) is 0.280. The first-order valence-electron chi connectivity index (χ1n) is 11.2. The van der Waals surface area contributed by atoms with Crippen molar-refractivity contribution in [1.29, 1.82) is 0 Å². The highest BCUT2D eigenvalue weighted by Crippen LogP contribution is 2.44. The molecule has 2 atom stereocenters. The zero-order valence-corrected chi connectivity index (χ0v) is 19.4. The predicted octanol–water partition coefficient (Wildman–Crippen LogP) is 3.15. The molecule has 2 unspecified atom stereocenters. The minimum Gasteiger partial charge on any atom is -0.479 e. The van der Waals surface area contributed by atoms with Crippen LogP contribution in [0.4, 0.5) is 4.79 Å². The van der Waals surface area contributed by atoms with Gasteiger partial charge in [-0.25, -0.2) is 14.6 Å². The normalized spacial score (nSPS) is 18.5. The number of ether oxygens (including phenoxy) is 2. The Morgan fingerprint density at radius 1 is 1.09 bits per heavy atom. The number of carbonyl (C=O) groups is 3. The molecule has 2 heterocycles. The molecule has 1 aliphatic heterocycles. The maximum Gasteiger partial charge on any atom is 0.407 e. The van der Waals surface area contributed by atoms with Crippen LogP contribution >= 0.6 is 11.3 Å². The van der Waals surface area contributed by atoms with Gasteiger partial charge in [0.25, 0.3) is 5.91 Å². The van der Waals surface area contributed by atoms with Crippen molar-refractivity contribution in [2.24, 2.45) is 0 Å². The summed E-state index contributed by atoms with van der Waals surface area (Å²) in [5.41, 5.74) is 4.74. The van der Waals surface area contributed by atoms with Crippen molar-refractivity contribution in [2.75, 3.05) is 13.2 Å². The number of benzene rings is 2. The molecule has 35 heavy (non-hydrogen) atoms. The van der Waals surface area contributed by atoms with Crippen molar-refractivity contribution in [2.45, 2.75) is 31.0 Å². The number of aromatic nitrogens is 1. The standard InChI is InChI=1S/C25H23N3O6S/c29-23(28-19-9-10-33-22(19)24(30)31)20-13-35-21(27-20)11-26-25(32)34-12-18-16-7-3-1-5-14(16)15-6-2-4-8-17(15)18/h1-8,13,18-19,22H,9-12H2,(H,26,32)(H,28,29)(H,30,31). The fourth-order valence-electron chi connectivity index (χ4n) is 4.52. The minimum absolute atomic E-state index is 0.0301. The molecule has 1 aromatic heterocycles. The maximum atomic E-state index is 12.4. The summed E-state index contributed by atoms with van der Waals surface area (Å²) in [5, 5.41) is 16.6. The Morgan fingerprint density at radius 2 is 1.77 bits per heavy atom. The molecule has 0 bridgehead atoms. The number of hydrogen-bond acceptors (Lipinski definition) is 7. The van der Waals surface area contributed by atoms with E-state index in [1.54, 1.807) is 5.38 Å². The van der Waals surface area contributed by atoms with E-state index in [0.29, 0.717) is 11.4 Å². The van der Waals surface area contributed by atoms with E-state index >= 15 is 0 Å². The second-order valence-electron chi connectivity index (χ2n) is 8.30. The molecule has 2 aromatic carbocycles. The molecule has 10 heteroatoms. The molecule has 1 fully saturated rings. The van der Waals surface area contributed by atoms with Crippen LogP contribution in [0.2, 0.25) is 0 Å². The van der Waals surface area contributed by atoms with Crippen molar-refractivity contribution < 1.29 is 29.0 Å². The van der Waals surface area contributed by atoms with Crippen LogP contribution in [-0.4, -0.2) is 53.4 Å². The third-order valence-electron chi connectivity index (χ3n) is 6.16. The van der Waals surface area contributed by atoms with Crippen LogP contribution in [0, 0.1) is 0 Å². The van der Waals surface area contributed by atoms with Crippen LogP contribution in [0.1, 0.15) is 39.0 Å². The molecule has 1 saturated heterocycles. The lowest BCUT2D eigenvalue weighted by Gasteiger charge is -2.15. The third kappa shape index (κ3) is 4.75. The molecular formula is C25H23N3O6S. The van der Waals surface area contributed by atoms with E-state index in [2.05, 4.69) is 39.9 Å². The van der Waals surface area contributed by atoms with Gasteiger partial charge in [-0.05, 0) is 28.7 Å². The topological polar surface area (TPSA) is 127 Å². The van der Waals surface area contributed by atoms with Gasteiger partial charge in [-0.15, -0.1) is 11.3 Å². The number of alkyl carbamates (subject to hydrolysis) is 1. The molecular weight excluding hydrogens is 470 g/mol. The second-order valence-corrected chi connectivity index (χ2v) is 9.25. The van der Waals surface area contributed by atoms with E-state index < -0.39 is 30.1 Å². The molecule has 1 aliphatic carbocycles. The number of carbonyl (C=O) groups excluding carboxylic acids is 2. The van der Waals surface area contributed by atoms with Gasteiger partial charge in [-0.3, -0.25) is 4.79 Å². The summed E-state index contributed by atoms with van der Waals surface area (Å²) in [5.74, 6) is -1.62. The van der Waals surface area contributed by atoms with E-state index in [0.717, 1.165) is 22.3 Å². The lowest BCUT2D eigenvalue weighted by molar-refractivity contribution is -0.148. The van der Waals surface area contributed by atoms with Crippen LogP contribution in [0.15, 0.2) is 53.9 Å². The average Bonchev–Trinajstić information content (AvgIpc) is 3.59. The fourth-order valence-corrected chi connectivity index (χ4v) is 5.23. The highest BCUT2D eigenvalue weighted by molar-refractivity contribution is 7.09. The van der Waals surface area contributed by atoms with Crippen molar-refractivity contribution in [3.05, 3.63) is 75.7 Å². The summed E-state index contributed by atoms with van der Waals surface area (Å²) >= 11 is 1.22. The number of amides is 2. The maximum absolute atomic E-state index is 12.4. The number of carboxylic acid groups (broad SMARTS) is 1. The SMILES string of the molecule is O=C(NCc1nc(C(=O)NC2CCOC2C(=O)O)cs1)OCC1c2ccccc2-c2ccccc21. The van der Waals surface area contributed by atoms with Gasteiger partial charge in [0.05, 0.1) is 12.6 Å². The number of carboxylic acids is 1. The van der Waals surface area contributed by atoms with E-state index in [4.69, 9.17) is 14.6 Å². The number of nitrogens with zero attached hydrogens (tertiary/aromatic N) is 1. The summed E-state index contributed by atoms with van der Waals surface area (Å²) in [4.78, 5) is 40.2. The molecule has 2 amide bonds. The molecule has 2 aliphatic rings. The molecule has 3 aromatic rings. The Balaban J connectivity index is 1.14. The Bertz CT molecular complexity index is 1230. The first-order chi connectivity index (χ1) is 17.0. The van der Waals surface area contributed by atoms with Crippen LogP contribution < -0.4 is 10.6 Å². The summed E-state index contributed by atoms with van der Waals surface area (Å²) < 4.78 is 10.7. The third-order valence-corrected chi connectivity index (χ3v) is 7.01. The van der Waals surface area contributed by atoms with E-state index in [9.17, 15) is 14.4 Å². The zero-order chi connectivity index (χ0) is 24.4. The van der Waals surface area contributed by atoms with Crippen LogP contribution in [0.25, 0.3) is 11.1 Å². The number of nitrogens with one attached hydrogen (secondary N) is 2. The van der Waals surface area contributed by atoms with E-state index in [-0.39, 0.29) is 31.4 Å². The minimum atomic E-state index is -1.11. The Morgan fingerprint density at radius 3 is 2.46 bits per heavy atom. The average molecular weight is 494 g/mol. The Labute approximate surface area is 205 Å². The van der Waals surface area contributed by atoms with Crippen molar-refractivity contribution in [1.82, 2.24) is 15.6 Å². The first-order valence-corrected chi connectivity index (χ1v) is 12.1. The number of thiazole rings is 1. The quantitative estimate of drug-likeness (QED) is 0.461. The van der Waals surface area contributed by atoms with Gasteiger partial charge in [0.15, 0.2) is 6.10 Å². The zero-order valence-electron chi connectivity index (χ0n) is 18.6. The largest absolute Gasteiger partial charge is 0.479 e. The van der Waals surface area contributed by atoms with Crippen molar-refractivity contribution >= 4 is 29.3 Å². The number of hydrogen-bond donors (Lipinski definition) is 3. The smallest absolute Gasteiger partial charge is 0.407 e. The number of rotatable bonds is 7. The van der Waals surface area contributed by atoms with E-state index in [1.807, 2.05) is 24.3 Å². The van der Waals surface area contributed by atoms with Gasteiger partial charge < -0.3 is 25.2 Å². The lowest BCUT2D eigenvalue weighted by atomic mass is 9.98. The predicted molar refractivity (Wildman–Crippen MR) is 127 cm³/mol. The number of fused-ring (bicyclic) bond motifs is 3. The lowest BCUT2D eigenvalue weighted by Crippen LogP contribution is -2.44. The van der Waals surface area contributed by atoms with Gasteiger partial charge >= 0.3 is 12.1 Å². The van der Waals surface area contributed by atoms with Gasteiger partial charge in [-0.1, -0.05) is 48.5 Å². The van der Waals surface area contributed by atoms with Crippen LogP contribution in [0.5, 0.6) is 0 Å². The van der Waals surface area contributed by atoms with E-state index in [1.165, 1.54) is 11.3 Å². The van der Waals surface area contributed by atoms with Crippen LogP contribution in [-0.2, 0) is 20.8 Å². The first kappa shape index (κ1) is 23.0. The molecule has 180 valence electrons. The summed E-state index contributed by atoms with van der Waals surface area (Å²) in [6.07, 6.45) is -1.21. The summed E-state index contributed by atoms with van der Waals surface area (Å²) in [6.45, 7) is 0.590. The monoisotopic (exact) mass is 493 g/mol. The highest BCUT2D eigenvalue weighted by Gasteiger charge is 2.35. The summed E-state index contributed by atoms with van der Waals surface area (Å²) in [7, 11) is 0. The van der Waals surface area contributed by atoms with Crippen molar-refractivity contribution in [3.8, 4) is 11.1 Å². The van der Waals surface area contributed by atoms with Gasteiger partial charge in [0.2, 0.25) is 0 Å². The van der Waals surface area contributed by atoms with Crippen LogP contribution in [0.3, 0.4) is 0 Å². The van der Waals surface area contributed by atoms with Gasteiger partial charge in [-0.2, -0.15) is 0 Å². The van der Waals surface area contributed by atoms with Crippen molar-refractivity contribution in [3.63, 3.8) is 0 Å². The van der Waals surface area contributed by atoms with Gasteiger partial charge in [0.1, 0.15) is 17.3 Å². The second kappa shape index (κ2) is 9.85. The molecule has 5 rings (SSSR count).